The monoisotopic (exact) mass is 716 g/mol. The second-order valence-electron chi connectivity index (χ2n) is 14.8. The highest BCUT2D eigenvalue weighted by molar-refractivity contribution is 5.87. The minimum Gasteiger partial charge on any atom is -0.457 e. The molecular weight excluding hydrogens is 658 g/mol. The van der Waals surface area contributed by atoms with Crippen molar-refractivity contribution in [3.63, 3.8) is 0 Å². The predicted molar refractivity (Wildman–Crippen MR) is 206 cm³/mol. The maximum absolute atomic E-state index is 14.4. The van der Waals surface area contributed by atoms with Crippen LogP contribution in [0.2, 0.25) is 0 Å². The largest absolute Gasteiger partial charge is 0.457 e. The number of fused-ring (bicyclic) bond motifs is 3. The summed E-state index contributed by atoms with van der Waals surface area (Å²) in [5.74, 6) is -1.08. The summed E-state index contributed by atoms with van der Waals surface area (Å²) in [6.45, 7) is 4.55. The highest BCUT2D eigenvalue weighted by Crippen LogP contribution is 2.35. The molecule has 2 heterocycles. The molecule has 5 rings (SSSR count). The number of nitrogens with zero attached hydrogens (tertiary/aromatic N) is 2. The van der Waals surface area contributed by atoms with Gasteiger partial charge in [-0.1, -0.05) is 109 Å². The second kappa shape index (κ2) is 21.2. The molecule has 0 radical (unpaired) electrons. The lowest BCUT2D eigenvalue weighted by atomic mass is 10.0. The van der Waals surface area contributed by atoms with Crippen LogP contribution in [0, 0.1) is 17.5 Å². The Balaban J connectivity index is 1.05. The minimum absolute atomic E-state index is 0.192. The van der Waals surface area contributed by atoms with Gasteiger partial charge in [0.05, 0.1) is 5.52 Å². The van der Waals surface area contributed by atoms with E-state index in [4.69, 9.17) is 4.74 Å². The summed E-state index contributed by atoms with van der Waals surface area (Å²) in [6.07, 6.45) is 21.3. The van der Waals surface area contributed by atoms with Crippen LogP contribution in [-0.4, -0.2) is 28.5 Å². The predicted octanol–water partition coefficient (Wildman–Crippen LogP) is 12.7. The normalized spacial score (nSPS) is 13.8. The van der Waals surface area contributed by atoms with Crippen molar-refractivity contribution >= 4 is 16.9 Å². The van der Waals surface area contributed by atoms with E-state index in [2.05, 4.69) is 16.4 Å². The summed E-state index contributed by atoms with van der Waals surface area (Å²) in [7, 11) is 0. The number of carbonyl (C=O) groups excluding carboxylic acids is 1. The van der Waals surface area contributed by atoms with Gasteiger partial charge in [-0.05, 0) is 91.5 Å². The molecular formula is C45H59F3N2O2. The van der Waals surface area contributed by atoms with Gasteiger partial charge >= 0.3 is 5.97 Å². The highest BCUT2D eigenvalue weighted by Gasteiger charge is 2.26. The van der Waals surface area contributed by atoms with E-state index < -0.39 is 6.10 Å². The first-order chi connectivity index (χ1) is 25.4. The summed E-state index contributed by atoms with van der Waals surface area (Å²) in [5, 5.41) is 0.876. The molecule has 3 aromatic carbocycles. The van der Waals surface area contributed by atoms with Crippen LogP contribution in [0.4, 0.5) is 13.2 Å². The fourth-order valence-electron chi connectivity index (χ4n) is 7.79. The lowest BCUT2D eigenvalue weighted by Gasteiger charge is -2.29. The van der Waals surface area contributed by atoms with Gasteiger partial charge in [-0.25, -0.2) is 13.2 Å². The Kier molecular flexibility index (Phi) is 16.2. The van der Waals surface area contributed by atoms with Crippen LogP contribution in [0.25, 0.3) is 16.6 Å². The smallest absolute Gasteiger partial charge is 0.306 e. The summed E-state index contributed by atoms with van der Waals surface area (Å²) < 4.78 is 50.1. The molecule has 1 atom stereocenters. The van der Waals surface area contributed by atoms with Crippen molar-refractivity contribution in [2.24, 2.45) is 0 Å². The van der Waals surface area contributed by atoms with Crippen LogP contribution in [0.15, 0.2) is 66.7 Å². The zero-order valence-electron chi connectivity index (χ0n) is 31.3. The molecule has 4 aromatic rings. The molecule has 0 saturated carbocycles. The molecule has 52 heavy (non-hydrogen) atoms. The van der Waals surface area contributed by atoms with Crippen molar-refractivity contribution in [1.29, 1.82) is 0 Å². The molecule has 4 nitrogen and oxygen atoms in total. The van der Waals surface area contributed by atoms with Gasteiger partial charge in [0.2, 0.25) is 0 Å². The van der Waals surface area contributed by atoms with E-state index in [-0.39, 0.29) is 23.4 Å². The first-order valence-electron chi connectivity index (χ1n) is 20.2. The lowest BCUT2D eigenvalue weighted by Crippen LogP contribution is -2.32. The molecule has 0 fully saturated rings. The Hall–Kier alpha value is -3.58. The maximum Gasteiger partial charge on any atom is 0.306 e. The average molecular weight is 717 g/mol. The third kappa shape index (κ3) is 12.0. The molecule has 0 amide bonds. The first-order valence-corrected chi connectivity index (χ1v) is 20.2. The van der Waals surface area contributed by atoms with Gasteiger partial charge in [-0.3, -0.25) is 9.69 Å². The Morgan fingerprint density at radius 3 is 1.87 bits per heavy atom. The van der Waals surface area contributed by atoms with Crippen LogP contribution in [0.1, 0.15) is 145 Å². The molecule has 1 aliphatic rings. The molecule has 7 heteroatoms. The zero-order chi connectivity index (χ0) is 36.5. The Bertz CT molecular complexity index is 1650. The van der Waals surface area contributed by atoms with Crippen molar-refractivity contribution in [3.05, 3.63) is 101 Å². The van der Waals surface area contributed by atoms with E-state index in [0.29, 0.717) is 19.4 Å². The van der Waals surface area contributed by atoms with Gasteiger partial charge < -0.3 is 9.30 Å². The number of rotatable bonds is 23. The number of unbranched alkanes of at least 4 members (excludes halogenated alkanes) is 14. The molecule has 0 N–H and O–H groups in total. The molecule has 1 aromatic heterocycles. The number of hydrogen-bond donors (Lipinski definition) is 0. The number of hydrogen-bond acceptors (Lipinski definition) is 3. The van der Waals surface area contributed by atoms with Gasteiger partial charge in [0.15, 0.2) is 0 Å². The molecule has 282 valence electrons. The van der Waals surface area contributed by atoms with Crippen molar-refractivity contribution in [3.8, 4) is 5.69 Å². The Morgan fingerprint density at radius 2 is 1.25 bits per heavy atom. The lowest BCUT2D eigenvalue weighted by molar-refractivity contribution is -0.150. The highest BCUT2D eigenvalue weighted by atomic mass is 19.1. The number of carbonyl (C=O) groups is 1. The van der Waals surface area contributed by atoms with E-state index in [0.717, 1.165) is 78.6 Å². The second-order valence-corrected chi connectivity index (χ2v) is 14.8. The van der Waals surface area contributed by atoms with E-state index in [1.807, 2.05) is 0 Å². The molecule has 1 aliphatic heterocycles. The number of esters is 1. The minimum atomic E-state index is -0.431. The van der Waals surface area contributed by atoms with Crippen LogP contribution in [0.5, 0.6) is 0 Å². The molecule has 0 bridgehead atoms. The SMILES string of the molecule is CCCCCCCCCCCCCCCCCC(=O)OC(CCCN1CCc2c(c3cc(F)ccc3n2-c2ccc(F)cc2)C1)c1ccc(F)cc1. The van der Waals surface area contributed by atoms with Gasteiger partial charge in [0.1, 0.15) is 23.6 Å². The number of ether oxygens (including phenoxy) is 1. The molecule has 0 spiro atoms. The topological polar surface area (TPSA) is 34.5 Å². The van der Waals surface area contributed by atoms with Gasteiger partial charge in [0, 0.05) is 42.7 Å². The number of halogens is 3. The Labute approximate surface area is 309 Å². The maximum atomic E-state index is 14.4. The summed E-state index contributed by atoms with van der Waals surface area (Å²) in [5.41, 5.74) is 4.80. The van der Waals surface area contributed by atoms with E-state index in [1.54, 1.807) is 36.4 Å². The van der Waals surface area contributed by atoms with Crippen molar-refractivity contribution in [2.45, 2.75) is 142 Å². The quantitative estimate of drug-likeness (QED) is 0.0566. The molecule has 1 unspecified atom stereocenters. The van der Waals surface area contributed by atoms with E-state index in [9.17, 15) is 18.0 Å². The van der Waals surface area contributed by atoms with Gasteiger partial charge in [0.25, 0.3) is 0 Å². The van der Waals surface area contributed by atoms with Crippen LogP contribution in [0.3, 0.4) is 0 Å². The van der Waals surface area contributed by atoms with Gasteiger partial charge in [-0.15, -0.1) is 0 Å². The van der Waals surface area contributed by atoms with Crippen molar-refractivity contribution < 1.29 is 22.7 Å². The fourth-order valence-corrected chi connectivity index (χ4v) is 7.79. The van der Waals surface area contributed by atoms with Crippen LogP contribution >= 0.6 is 0 Å². The summed E-state index contributed by atoms with van der Waals surface area (Å²) in [6, 6.07) is 17.6. The third-order valence-electron chi connectivity index (χ3n) is 10.7. The number of aromatic nitrogens is 1. The Morgan fingerprint density at radius 1 is 0.692 bits per heavy atom. The first kappa shape index (κ1) is 39.6. The van der Waals surface area contributed by atoms with Gasteiger partial charge in [-0.2, -0.15) is 0 Å². The fraction of sp³-hybridized carbons (Fsp3) is 0.533. The molecule has 0 aliphatic carbocycles. The standard InChI is InChI=1S/C45H59F3N2O2/c1-2-3-4-5-6-7-8-9-10-11-12-13-14-15-16-19-45(51)52-44(35-20-22-36(46)23-21-35)18-17-31-49-32-30-43-41(34-49)40-33-38(48)26-29-42(40)50(43)39-27-24-37(47)25-28-39/h20-29,33,44H,2-19,30-32,34H2,1H3. The van der Waals surface area contributed by atoms with Crippen LogP contribution < -0.4 is 0 Å². The van der Waals surface area contributed by atoms with Crippen molar-refractivity contribution in [2.75, 3.05) is 13.1 Å². The summed E-state index contributed by atoms with van der Waals surface area (Å²) in [4.78, 5) is 15.3. The molecule has 0 saturated heterocycles. The third-order valence-corrected chi connectivity index (χ3v) is 10.7. The number of benzene rings is 3. The summed E-state index contributed by atoms with van der Waals surface area (Å²) >= 11 is 0. The average Bonchev–Trinajstić information content (AvgIpc) is 3.46. The van der Waals surface area contributed by atoms with E-state index >= 15 is 0 Å². The van der Waals surface area contributed by atoms with Crippen LogP contribution in [-0.2, 0) is 22.5 Å². The van der Waals surface area contributed by atoms with E-state index in [1.165, 1.54) is 107 Å². The van der Waals surface area contributed by atoms with Crippen molar-refractivity contribution in [1.82, 2.24) is 9.47 Å². The zero-order valence-corrected chi connectivity index (χ0v) is 31.3.